The van der Waals surface area contributed by atoms with Crippen molar-refractivity contribution in [1.82, 2.24) is 0 Å². The highest BCUT2D eigenvalue weighted by Crippen LogP contribution is 2.36. The Kier molecular flexibility index (Phi) is 3.90. The van der Waals surface area contributed by atoms with Crippen LogP contribution < -0.4 is 0 Å². The van der Waals surface area contributed by atoms with Crippen molar-refractivity contribution in [1.29, 1.82) is 0 Å². The van der Waals surface area contributed by atoms with Crippen molar-refractivity contribution in [2.75, 3.05) is 7.11 Å². The number of aliphatic carboxylic acids is 1. The van der Waals surface area contributed by atoms with Crippen LogP contribution in [0.25, 0.3) is 0 Å². The molecule has 0 amide bonds. The van der Waals surface area contributed by atoms with Crippen LogP contribution in [0.4, 0.5) is 0 Å². The largest absolute Gasteiger partial charge is 0.479 e. The molecule has 0 saturated carbocycles. The van der Waals surface area contributed by atoms with Gasteiger partial charge in [-0.15, -0.1) is 11.3 Å². The third kappa shape index (κ3) is 2.52. The maximum atomic E-state index is 10.7. The molecule has 1 heterocycles. The molecule has 0 fully saturated rings. The van der Waals surface area contributed by atoms with Crippen molar-refractivity contribution < 1.29 is 14.6 Å². The first-order valence-corrected chi connectivity index (χ1v) is 5.67. The highest BCUT2D eigenvalue weighted by Gasteiger charge is 2.21. The minimum atomic E-state index is -0.983. The molecular weight excluding hydrogens is 324 g/mol. The normalized spacial score (nSPS) is 12.8. The van der Waals surface area contributed by atoms with Crippen LogP contribution in [-0.2, 0) is 9.53 Å². The first kappa shape index (κ1) is 11.2. The number of ether oxygens (including phenoxy) is 1. The molecule has 1 unspecified atom stereocenters. The van der Waals surface area contributed by atoms with E-state index in [-0.39, 0.29) is 0 Å². The second kappa shape index (κ2) is 4.54. The van der Waals surface area contributed by atoms with Gasteiger partial charge in [0.25, 0.3) is 0 Å². The molecule has 1 atom stereocenters. The zero-order valence-corrected chi connectivity index (χ0v) is 10.6. The minimum absolute atomic E-state index is 0.661. The minimum Gasteiger partial charge on any atom is -0.479 e. The molecule has 0 aromatic carbocycles. The Balaban J connectivity index is 2.98. The van der Waals surface area contributed by atoms with E-state index in [1.165, 1.54) is 18.4 Å². The van der Waals surface area contributed by atoms with Gasteiger partial charge in [0.05, 0.1) is 3.79 Å². The van der Waals surface area contributed by atoms with E-state index >= 15 is 0 Å². The van der Waals surface area contributed by atoms with Gasteiger partial charge in [-0.05, 0) is 37.9 Å². The van der Waals surface area contributed by atoms with Gasteiger partial charge in [0.2, 0.25) is 0 Å². The molecular formula is C7H6Br2O3S. The number of hydrogen-bond donors (Lipinski definition) is 1. The zero-order valence-electron chi connectivity index (χ0n) is 6.58. The van der Waals surface area contributed by atoms with Gasteiger partial charge in [0, 0.05) is 16.5 Å². The summed E-state index contributed by atoms with van der Waals surface area (Å²) in [5.41, 5.74) is 0. The monoisotopic (exact) mass is 328 g/mol. The molecule has 6 heteroatoms. The molecule has 13 heavy (non-hydrogen) atoms. The molecule has 0 bridgehead atoms. The zero-order chi connectivity index (χ0) is 10.0. The van der Waals surface area contributed by atoms with Gasteiger partial charge in [-0.1, -0.05) is 0 Å². The van der Waals surface area contributed by atoms with E-state index in [1.807, 2.05) is 0 Å². The van der Waals surface area contributed by atoms with Crippen molar-refractivity contribution in [2.24, 2.45) is 0 Å². The third-order valence-corrected chi connectivity index (χ3v) is 4.68. The van der Waals surface area contributed by atoms with E-state index in [9.17, 15) is 4.79 Å². The Morgan fingerprint density at radius 1 is 1.69 bits per heavy atom. The Bertz CT molecular complexity index is 304. The summed E-state index contributed by atoms with van der Waals surface area (Å²) < 4.78 is 6.55. The summed E-state index contributed by atoms with van der Waals surface area (Å²) in [6.45, 7) is 0. The first-order chi connectivity index (χ1) is 6.06. The number of hydrogen-bond acceptors (Lipinski definition) is 3. The van der Waals surface area contributed by atoms with Gasteiger partial charge in [0.1, 0.15) is 0 Å². The topological polar surface area (TPSA) is 46.5 Å². The lowest BCUT2D eigenvalue weighted by Gasteiger charge is -2.06. The van der Waals surface area contributed by atoms with Crippen LogP contribution in [0.3, 0.4) is 0 Å². The first-order valence-electron chi connectivity index (χ1n) is 3.26. The Hall–Kier alpha value is 0.0900. The molecule has 0 saturated heterocycles. The van der Waals surface area contributed by atoms with Gasteiger partial charge in [-0.2, -0.15) is 0 Å². The molecule has 3 nitrogen and oxygen atoms in total. The fourth-order valence-electron chi connectivity index (χ4n) is 0.831. The molecule has 0 radical (unpaired) electrons. The van der Waals surface area contributed by atoms with E-state index in [0.29, 0.717) is 4.88 Å². The molecule has 1 N–H and O–H groups in total. The maximum Gasteiger partial charge on any atom is 0.338 e. The molecule has 1 aromatic heterocycles. The van der Waals surface area contributed by atoms with E-state index in [2.05, 4.69) is 31.9 Å². The SMILES string of the molecule is COC(C(=O)O)c1cc(Br)c(Br)s1. The highest BCUT2D eigenvalue weighted by atomic mass is 79.9. The second-order valence-corrected chi connectivity index (χ2v) is 5.48. The Morgan fingerprint density at radius 3 is 2.62 bits per heavy atom. The van der Waals surface area contributed by atoms with E-state index in [0.717, 1.165) is 8.26 Å². The summed E-state index contributed by atoms with van der Waals surface area (Å²) in [5, 5.41) is 8.78. The van der Waals surface area contributed by atoms with Crippen molar-refractivity contribution in [2.45, 2.75) is 6.10 Å². The van der Waals surface area contributed by atoms with Crippen LogP contribution in [0, 0.1) is 0 Å². The van der Waals surface area contributed by atoms with E-state index < -0.39 is 12.1 Å². The third-order valence-electron chi connectivity index (χ3n) is 1.38. The fourth-order valence-corrected chi connectivity index (χ4v) is 2.99. The summed E-state index contributed by atoms with van der Waals surface area (Å²) in [4.78, 5) is 11.4. The van der Waals surface area contributed by atoms with Crippen LogP contribution in [0.5, 0.6) is 0 Å². The second-order valence-electron chi connectivity index (χ2n) is 2.22. The molecule has 1 rings (SSSR count). The molecule has 1 aromatic rings. The number of carboxylic acids is 1. The average molecular weight is 330 g/mol. The van der Waals surface area contributed by atoms with Gasteiger partial charge in [-0.3, -0.25) is 0 Å². The van der Waals surface area contributed by atoms with Gasteiger partial charge >= 0.3 is 5.97 Å². The van der Waals surface area contributed by atoms with E-state index in [1.54, 1.807) is 6.07 Å². The van der Waals surface area contributed by atoms with E-state index in [4.69, 9.17) is 9.84 Å². The predicted octanol–water partition coefficient (Wildman–Crippen LogP) is 3.05. The fraction of sp³-hybridized carbons (Fsp3) is 0.286. The molecule has 0 spiro atoms. The summed E-state index contributed by atoms with van der Waals surface area (Å²) in [7, 11) is 1.38. The lowest BCUT2D eigenvalue weighted by atomic mass is 10.3. The average Bonchev–Trinajstić information content (AvgIpc) is 2.32. The number of carboxylic acid groups (broad SMARTS) is 1. The summed E-state index contributed by atoms with van der Waals surface area (Å²) in [6.07, 6.45) is -0.882. The number of rotatable bonds is 3. The highest BCUT2D eigenvalue weighted by molar-refractivity contribution is 9.13. The van der Waals surface area contributed by atoms with Crippen LogP contribution in [-0.4, -0.2) is 18.2 Å². The summed E-state index contributed by atoms with van der Waals surface area (Å²) in [5.74, 6) is -0.983. The van der Waals surface area contributed by atoms with Gasteiger partial charge in [0.15, 0.2) is 6.10 Å². The smallest absolute Gasteiger partial charge is 0.338 e. The quantitative estimate of drug-likeness (QED) is 0.927. The lowest BCUT2D eigenvalue weighted by molar-refractivity contribution is -0.148. The molecule has 0 aliphatic rings. The van der Waals surface area contributed by atoms with Crippen molar-refractivity contribution >= 4 is 49.2 Å². The number of thiophene rings is 1. The number of methoxy groups -OCH3 is 1. The van der Waals surface area contributed by atoms with Gasteiger partial charge in [-0.25, -0.2) is 4.79 Å². The standard InChI is InChI=1S/C7H6Br2O3S/c1-12-5(7(10)11)4-2-3(8)6(9)13-4/h2,5H,1H3,(H,10,11). The summed E-state index contributed by atoms with van der Waals surface area (Å²) in [6, 6.07) is 1.73. The van der Waals surface area contributed by atoms with Crippen molar-refractivity contribution in [3.8, 4) is 0 Å². The maximum absolute atomic E-state index is 10.7. The summed E-state index contributed by atoms with van der Waals surface area (Å²) >= 11 is 7.90. The van der Waals surface area contributed by atoms with Crippen LogP contribution in [0.15, 0.2) is 14.3 Å². The molecule has 0 aliphatic carbocycles. The van der Waals surface area contributed by atoms with Crippen LogP contribution in [0.1, 0.15) is 11.0 Å². The lowest BCUT2D eigenvalue weighted by Crippen LogP contribution is -2.11. The van der Waals surface area contributed by atoms with Gasteiger partial charge < -0.3 is 9.84 Å². The molecule has 0 aliphatic heterocycles. The van der Waals surface area contributed by atoms with Crippen molar-refractivity contribution in [3.63, 3.8) is 0 Å². The predicted molar refractivity (Wildman–Crippen MR) is 57.1 cm³/mol. The van der Waals surface area contributed by atoms with Crippen molar-refractivity contribution in [3.05, 3.63) is 19.2 Å². The Labute approximate surface area is 96.0 Å². The number of halogens is 2. The van der Waals surface area contributed by atoms with Crippen LogP contribution in [0.2, 0.25) is 0 Å². The molecule has 72 valence electrons. The Morgan fingerprint density at radius 2 is 2.31 bits per heavy atom. The van der Waals surface area contributed by atoms with Crippen LogP contribution >= 0.6 is 43.2 Å². The number of carbonyl (C=O) groups is 1.